The molecule has 24 heavy (non-hydrogen) atoms. The lowest BCUT2D eigenvalue weighted by atomic mass is 10.1. The van der Waals surface area contributed by atoms with E-state index >= 15 is 0 Å². The van der Waals surface area contributed by atoms with Gasteiger partial charge >= 0.3 is 0 Å². The number of β-amino-alcohol motifs (C(OH)–C–C–N with tert-alkyl or cyclic N) is 1. The Labute approximate surface area is 141 Å². The molecule has 0 aromatic heterocycles. The van der Waals surface area contributed by atoms with Crippen LogP contribution < -0.4 is 10.2 Å². The molecule has 2 N–H and O–H groups in total. The van der Waals surface area contributed by atoms with E-state index in [1.165, 1.54) is 12.1 Å². The summed E-state index contributed by atoms with van der Waals surface area (Å²) in [5.41, 5.74) is 3.31. The van der Waals surface area contributed by atoms with Gasteiger partial charge in [-0.1, -0.05) is 24.3 Å². The maximum absolute atomic E-state index is 13.2. The van der Waals surface area contributed by atoms with E-state index in [0.29, 0.717) is 13.1 Å². The average Bonchev–Trinajstić information content (AvgIpc) is 2.96. The number of aliphatic hydroxyl groups excluding tert-OH is 1. The third-order valence-corrected chi connectivity index (χ3v) is 4.83. The normalized spacial score (nSPS) is 23.8. The van der Waals surface area contributed by atoms with E-state index in [4.69, 9.17) is 0 Å². The van der Waals surface area contributed by atoms with Gasteiger partial charge in [-0.15, -0.1) is 0 Å². The zero-order valence-corrected chi connectivity index (χ0v) is 13.5. The molecule has 0 radical (unpaired) electrons. The molecule has 2 aliphatic heterocycles. The second-order valence-corrected chi connectivity index (χ2v) is 6.58. The quantitative estimate of drug-likeness (QED) is 0.909. The van der Waals surface area contributed by atoms with Crippen molar-refractivity contribution in [1.29, 1.82) is 0 Å². The van der Waals surface area contributed by atoms with Crippen LogP contribution in [0, 0.1) is 5.82 Å². The van der Waals surface area contributed by atoms with Crippen molar-refractivity contribution in [2.45, 2.75) is 31.8 Å². The first-order valence-corrected chi connectivity index (χ1v) is 8.49. The number of halogens is 1. The minimum absolute atomic E-state index is 0.0161. The molecule has 1 saturated heterocycles. The molecule has 2 aliphatic rings. The fraction of sp³-hybridized carbons (Fsp3) is 0.368. The molecule has 0 amide bonds. The predicted octanol–water partition coefficient (Wildman–Crippen LogP) is 3.00. The monoisotopic (exact) mass is 327 g/mol. The summed E-state index contributed by atoms with van der Waals surface area (Å²) in [4.78, 5) is 4.58. The van der Waals surface area contributed by atoms with Crippen LogP contribution in [0.1, 0.15) is 18.4 Å². The van der Waals surface area contributed by atoms with Gasteiger partial charge in [0.2, 0.25) is 0 Å². The summed E-state index contributed by atoms with van der Waals surface area (Å²) in [7, 11) is 0. The summed E-state index contributed by atoms with van der Waals surface area (Å²) < 4.78 is 13.2. The molecule has 2 atom stereocenters. The Bertz CT molecular complexity index is 706. The SMILES string of the molecule is O[C@@H]1CCCN(C2Nc3ccccc3N2Cc2ccc(F)cc2)C1. The molecular weight excluding hydrogens is 305 g/mol. The van der Waals surface area contributed by atoms with Gasteiger partial charge < -0.3 is 15.3 Å². The lowest BCUT2D eigenvalue weighted by molar-refractivity contribution is 0.0528. The second-order valence-electron chi connectivity index (χ2n) is 6.58. The van der Waals surface area contributed by atoms with Gasteiger partial charge in [-0.2, -0.15) is 0 Å². The number of para-hydroxylation sites is 2. The van der Waals surface area contributed by atoms with Crippen molar-refractivity contribution < 1.29 is 9.50 Å². The molecule has 4 nitrogen and oxygen atoms in total. The fourth-order valence-electron chi connectivity index (χ4n) is 3.65. The topological polar surface area (TPSA) is 38.7 Å². The molecule has 2 aromatic rings. The number of anilines is 2. The van der Waals surface area contributed by atoms with E-state index in [1.807, 2.05) is 24.3 Å². The number of rotatable bonds is 3. The van der Waals surface area contributed by atoms with Gasteiger partial charge in [-0.05, 0) is 42.7 Å². The maximum Gasteiger partial charge on any atom is 0.158 e. The van der Waals surface area contributed by atoms with Gasteiger partial charge in [0.1, 0.15) is 5.82 Å². The summed E-state index contributed by atoms with van der Waals surface area (Å²) in [5, 5.41) is 13.6. The first kappa shape index (κ1) is 15.4. The van der Waals surface area contributed by atoms with Crippen molar-refractivity contribution in [3.63, 3.8) is 0 Å². The summed E-state index contributed by atoms with van der Waals surface area (Å²) in [6.45, 7) is 2.33. The Kier molecular flexibility index (Phi) is 4.12. The fourth-order valence-corrected chi connectivity index (χ4v) is 3.65. The molecule has 5 heteroatoms. The Morgan fingerprint density at radius 2 is 1.92 bits per heavy atom. The minimum atomic E-state index is -0.267. The standard InChI is InChI=1S/C19H22FN3O/c20-15-9-7-14(8-10-15)12-23-18-6-2-1-5-17(18)21-19(23)22-11-3-4-16(24)13-22/h1-2,5-10,16,19,21,24H,3-4,11-13H2/t16-,19?/m1/s1. The van der Waals surface area contributed by atoms with E-state index in [1.54, 1.807) is 0 Å². The molecule has 1 fully saturated rings. The van der Waals surface area contributed by atoms with E-state index in [0.717, 1.165) is 36.3 Å². The van der Waals surface area contributed by atoms with Crippen LogP contribution in [-0.4, -0.2) is 35.5 Å². The molecule has 0 bridgehead atoms. The van der Waals surface area contributed by atoms with E-state index in [9.17, 15) is 9.50 Å². The third-order valence-electron chi connectivity index (χ3n) is 4.83. The number of piperidine rings is 1. The largest absolute Gasteiger partial charge is 0.392 e. The van der Waals surface area contributed by atoms with Gasteiger partial charge in [-0.3, -0.25) is 4.90 Å². The van der Waals surface area contributed by atoms with Gasteiger partial charge in [0.05, 0.1) is 17.5 Å². The maximum atomic E-state index is 13.2. The average molecular weight is 327 g/mol. The number of hydrogen-bond acceptors (Lipinski definition) is 4. The van der Waals surface area contributed by atoms with Crippen LogP contribution in [0.25, 0.3) is 0 Å². The van der Waals surface area contributed by atoms with Crippen LogP contribution >= 0.6 is 0 Å². The van der Waals surface area contributed by atoms with Gasteiger partial charge in [0.25, 0.3) is 0 Å². The Hall–Kier alpha value is -2.11. The summed E-state index contributed by atoms with van der Waals surface area (Å²) >= 11 is 0. The number of nitrogens with one attached hydrogen (secondary N) is 1. The first-order chi connectivity index (χ1) is 11.7. The molecule has 1 unspecified atom stereocenters. The molecule has 0 saturated carbocycles. The zero-order chi connectivity index (χ0) is 16.5. The van der Waals surface area contributed by atoms with Crippen LogP contribution in [-0.2, 0) is 6.54 Å². The van der Waals surface area contributed by atoms with Gasteiger partial charge in [0, 0.05) is 19.6 Å². The van der Waals surface area contributed by atoms with Gasteiger partial charge in [0.15, 0.2) is 6.29 Å². The number of fused-ring (bicyclic) bond motifs is 1. The smallest absolute Gasteiger partial charge is 0.158 e. The predicted molar refractivity (Wildman–Crippen MR) is 93.2 cm³/mol. The van der Waals surface area contributed by atoms with Crippen LogP contribution in [0.5, 0.6) is 0 Å². The molecule has 2 heterocycles. The van der Waals surface area contributed by atoms with Crippen molar-refractivity contribution in [3.8, 4) is 0 Å². The Balaban J connectivity index is 1.62. The Morgan fingerprint density at radius 3 is 2.71 bits per heavy atom. The van der Waals surface area contributed by atoms with Crippen LogP contribution in [0.15, 0.2) is 48.5 Å². The second kappa shape index (κ2) is 6.42. The highest BCUT2D eigenvalue weighted by Gasteiger charge is 2.35. The molecule has 4 rings (SSSR count). The number of aliphatic hydroxyl groups is 1. The Morgan fingerprint density at radius 1 is 1.12 bits per heavy atom. The van der Waals surface area contributed by atoms with Crippen LogP contribution in [0.2, 0.25) is 0 Å². The molecule has 0 spiro atoms. The number of nitrogens with zero attached hydrogens (tertiary/aromatic N) is 2. The summed E-state index contributed by atoms with van der Waals surface area (Å²) in [6.07, 6.45) is 1.62. The summed E-state index contributed by atoms with van der Waals surface area (Å²) in [6, 6.07) is 14.9. The first-order valence-electron chi connectivity index (χ1n) is 8.49. The summed E-state index contributed by atoms with van der Waals surface area (Å²) in [5.74, 6) is -0.214. The third kappa shape index (κ3) is 2.97. The van der Waals surface area contributed by atoms with Gasteiger partial charge in [-0.25, -0.2) is 4.39 Å². The van der Waals surface area contributed by atoms with Crippen molar-refractivity contribution in [2.24, 2.45) is 0 Å². The van der Waals surface area contributed by atoms with Crippen molar-refractivity contribution in [1.82, 2.24) is 4.90 Å². The number of benzene rings is 2. The van der Waals surface area contributed by atoms with E-state index in [-0.39, 0.29) is 18.2 Å². The minimum Gasteiger partial charge on any atom is -0.392 e. The number of likely N-dealkylation sites (tertiary alicyclic amines) is 1. The molecule has 126 valence electrons. The van der Waals surface area contributed by atoms with Crippen LogP contribution in [0.4, 0.5) is 15.8 Å². The highest BCUT2D eigenvalue weighted by molar-refractivity contribution is 5.75. The lowest BCUT2D eigenvalue weighted by Crippen LogP contribution is -2.54. The van der Waals surface area contributed by atoms with Crippen molar-refractivity contribution in [3.05, 3.63) is 59.9 Å². The molecular formula is C19H22FN3O. The molecule has 2 aromatic carbocycles. The highest BCUT2D eigenvalue weighted by atomic mass is 19.1. The van der Waals surface area contributed by atoms with E-state index < -0.39 is 0 Å². The highest BCUT2D eigenvalue weighted by Crippen LogP contribution is 2.37. The van der Waals surface area contributed by atoms with E-state index in [2.05, 4.69) is 27.2 Å². The van der Waals surface area contributed by atoms with Crippen LogP contribution in [0.3, 0.4) is 0 Å². The lowest BCUT2D eigenvalue weighted by Gasteiger charge is -2.39. The molecule has 0 aliphatic carbocycles. The zero-order valence-electron chi connectivity index (χ0n) is 13.5. The van der Waals surface area contributed by atoms with Crippen molar-refractivity contribution in [2.75, 3.05) is 23.3 Å². The number of hydrogen-bond donors (Lipinski definition) is 2. The van der Waals surface area contributed by atoms with Crippen molar-refractivity contribution >= 4 is 11.4 Å².